The van der Waals surface area contributed by atoms with Gasteiger partial charge in [0.25, 0.3) is 11.8 Å². The summed E-state index contributed by atoms with van der Waals surface area (Å²) in [6.07, 6.45) is 8.28. The lowest BCUT2D eigenvalue weighted by molar-refractivity contribution is -0.120. The molecule has 3 heterocycles. The summed E-state index contributed by atoms with van der Waals surface area (Å²) >= 11 is 0. The second kappa shape index (κ2) is 9.12. The normalized spacial score (nSPS) is 22.8. The number of imide groups is 1. The van der Waals surface area contributed by atoms with Crippen LogP contribution in [0.1, 0.15) is 79.5 Å². The van der Waals surface area contributed by atoms with Crippen LogP contribution in [0.15, 0.2) is 48.5 Å². The summed E-state index contributed by atoms with van der Waals surface area (Å²) in [7, 11) is 0. The fraction of sp³-hybridized carbons (Fsp3) is 0.414. The molecular weight excluding hydrogens is 452 g/mol. The van der Waals surface area contributed by atoms with Crippen LogP contribution in [0.4, 0.5) is 10.5 Å². The van der Waals surface area contributed by atoms with Gasteiger partial charge in [-0.2, -0.15) is 0 Å². The van der Waals surface area contributed by atoms with Gasteiger partial charge in [0, 0.05) is 29.1 Å². The number of benzene rings is 2. The van der Waals surface area contributed by atoms with Crippen LogP contribution in [0.2, 0.25) is 0 Å². The molecule has 3 aromatic rings. The largest absolute Gasteiger partial charge is 0.356 e. The van der Waals surface area contributed by atoms with E-state index in [1.54, 1.807) is 29.2 Å². The molecule has 1 saturated carbocycles. The number of rotatable bonds is 3. The first-order valence-electron chi connectivity index (χ1n) is 13.2. The zero-order valence-corrected chi connectivity index (χ0v) is 20.6. The maximum atomic E-state index is 13.7. The minimum absolute atomic E-state index is 0.125. The maximum Gasteiger partial charge on any atom is 0.332 e. The Morgan fingerprint density at radius 1 is 0.944 bits per heavy atom. The molecule has 1 aliphatic carbocycles. The van der Waals surface area contributed by atoms with Crippen molar-refractivity contribution >= 4 is 34.4 Å². The highest BCUT2D eigenvalue weighted by Crippen LogP contribution is 2.42. The van der Waals surface area contributed by atoms with Crippen molar-refractivity contribution in [3.8, 4) is 0 Å². The van der Waals surface area contributed by atoms with Crippen LogP contribution in [-0.4, -0.2) is 39.8 Å². The first-order valence-corrected chi connectivity index (χ1v) is 13.2. The van der Waals surface area contributed by atoms with Gasteiger partial charge in [-0.1, -0.05) is 62.4 Å². The van der Waals surface area contributed by atoms with E-state index in [1.807, 2.05) is 25.1 Å². The van der Waals surface area contributed by atoms with Gasteiger partial charge in [-0.15, -0.1) is 0 Å². The molecule has 0 radical (unpaired) electrons. The van der Waals surface area contributed by atoms with Gasteiger partial charge in [0.2, 0.25) is 0 Å². The minimum atomic E-state index is -0.582. The maximum absolute atomic E-state index is 13.7. The molecule has 2 aliphatic heterocycles. The third-order valence-electron chi connectivity index (χ3n) is 8.16. The number of nitrogens with zero attached hydrogens (tertiary/aromatic N) is 2. The van der Waals surface area contributed by atoms with E-state index in [1.165, 1.54) is 24.2 Å². The van der Waals surface area contributed by atoms with E-state index < -0.39 is 6.04 Å². The van der Waals surface area contributed by atoms with E-state index in [4.69, 9.17) is 0 Å². The molecule has 2 fully saturated rings. The fourth-order valence-electron chi connectivity index (χ4n) is 6.31. The van der Waals surface area contributed by atoms with E-state index in [0.717, 1.165) is 47.8 Å². The molecule has 2 N–H and O–H groups in total. The molecule has 7 heteroatoms. The molecule has 4 amide bonds. The average molecular weight is 485 g/mol. The van der Waals surface area contributed by atoms with Crippen molar-refractivity contribution in [3.05, 3.63) is 65.4 Å². The van der Waals surface area contributed by atoms with Gasteiger partial charge in [-0.25, -0.2) is 9.69 Å². The van der Waals surface area contributed by atoms with Gasteiger partial charge in [0.1, 0.15) is 6.04 Å². The average Bonchev–Trinajstić information content (AvgIpc) is 3.36. The van der Waals surface area contributed by atoms with Crippen LogP contribution in [0, 0.1) is 0 Å². The van der Waals surface area contributed by atoms with Crippen molar-refractivity contribution in [2.45, 2.75) is 76.4 Å². The monoisotopic (exact) mass is 484 g/mol. The number of hydrogen-bond donors (Lipinski definition) is 2. The molecule has 1 aromatic heterocycles. The van der Waals surface area contributed by atoms with Crippen LogP contribution in [0.3, 0.4) is 0 Å². The molecule has 186 valence electrons. The predicted molar refractivity (Wildman–Crippen MR) is 139 cm³/mol. The van der Waals surface area contributed by atoms with Crippen LogP contribution >= 0.6 is 0 Å². The Balaban J connectivity index is 1.30. The van der Waals surface area contributed by atoms with E-state index >= 15 is 0 Å². The van der Waals surface area contributed by atoms with Crippen molar-refractivity contribution < 1.29 is 14.4 Å². The third-order valence-corrected chi connectivity index (χ3v) is 8.16. The quantitative estimate of drug-likeness (QED) is 0.484. The summed E-state index contributed by atoms with van der Waals surface area (Å²) in [5, 5.41) is 4.29. The van der Waals surface area contributed by atoms with Crippen LogP contribution < -0.4 is 10.2 Å². The van der Waals surface area contributed by atoms with Crippen LogP contribution in [0.5, 0.6) is 0 Å². The summed E-state index contributed by atoms with van der Waals surface area (Å²) in [5.41, 5.74) is 3.83. The predicted octanol–water partition coefficient (Wildman–Crippen LogP) is 5.47. The summed E-state index contributed by atoms with van der Waals surface area (Å²) in [4.78, 5) is 47.2. The highest BCUT2D eigenvalue weighted by atomic mass is 16.2. The molecule has 3 aliphatic rings. The van der Waals surface area contributed by atoms with Gasteiger partial charge >= 0.3 is 6.03 Å². The summed E-state index contributed by atoms with van der Waals surface area (Å²) < 4.78 is 0. The van der Waals surface area contributed by atoms with E-state index in [-0.39, 0.29) is 29.9 Å². The zero-order chi connectivity index (χ0) is 24.8. The van der Waals surface area contributed by atoms with Gasteiger partial charge in [0.05, 0.1) is 17.3 Å². The minimum Gasteiger partial charge on any atom is -0.356 e. The first kappa shape index (κ1) is 22.8. The number of hydrogen-bond acceptors (Lipinski definition) is 3. The first-order chi connectivity index (χ1) is 17.5. The Morgan fingerprint density at radius 3 is 2.44 bits per heavy atom. The number of anilines is 1. The molecule has 2 atom stereocenters. The summed E-state index contributed by atoms with van der Waals surface area (Å²) in [6.45, 7) is 1.96. The van der Waals surface area contributed by atoms with E-state index in [2.05, 4.69) is 16.4 Å². The number of carbonyl (C=O) groups excluding carboxylic acids is 3. The second-order valence-electron chi connectivity index (χ2n) is 10.4. The number of amides is 4. The van der Waals surface area contributed by atoms with Crippen molar-refractivity contribution in [1.29, 1.82) is 0 Å². The number of carbonyl (C=O) groups is 3. The Bertz CT molecular complexity index is 1340. The second-order valence-corrected chi connectivity index (χ2v) is 10.4. The van der Waals surface area contributed by atoms with Gasteiger partial charge in [-0.3, -0.25) is 9.59 Å². The van der Waals surface area contributed by atoms with Crippen molar-refractivity contribution in [1.82, 2.24) is 15.2 Å². The molecule has 0 bridgehead atoms. The highest BCUT2D eigenvalue weighted by molar-refractivity contribution is 6.24. The fourth-order valence-corrected chi connectivity index (χ4v) is 6.31. The Hall–Kier alpha value is -3.61. The summed E-state index contributed by atoms with van der Waals surface area (Å²) in [5.74, 6) is -0.486. The number of urea groups is 1. The SMILES string of the molecule is C[C@H]1c2[nH]c3ccccc3c2C[C@H]2C(=O)N(c3ccccc3C(=O)NC3CCCCCCC3)C(=O)N21. The van der Waals surface area contributed by atoms with Gasteiger partial charge < -0.3 is 15.2 Å². The van der Waals surface area contributed by atoms with Crippen molar-refractivity contribution in [3.63, 3.8) is 0 Å². The number of H-pyrrole nitrogens is 1. The molecule has 2 aromatic carbocycles. The highest BCUT2D eigenvalue weighted by Gasteiger charge is 2.52. The number of nitrogens with one attached hydrogen (secondary N) is 2. The number of fused-ring (bicyclic) bond motifs is 4. The zero-order valence-electron chi connectivity index (χ0n) is 20.6. The van der Waals surface area contributed by atoms with Crippen LogP contribution in [-0.2, 0) is 11.2 Å². The molecule has 7 nitrogen and oxygen atoms in total. The standard InChI is InChI=1S/C29H32N4O3/c1-18-26-22(20-13-7-9-15-23(20)31-26)17-25-28(35)33(29(36)32(18)25)24-16-10-8-14-21(24)27(34)30-19-11-5-3-2-4-6-12-19/h7-10,13-16,18-19,25,31H,2-6,11-12,17H2,1H3,(H,30,34)/t18-,25-/m0/s1. The third kappa shape index (κ3) is 3.69. The number of para-hydroxylation sites is 2. The Kier molecular flexibility index (Phi) is 5.78. The van der Waals surface area contributed by atoms with E-state index in [0.29, 0.717) is 17.7 Å². The molecule has 0 spiro atoms. The van der Waals surface area contributed by atoms with Crippen LogP contribution in [0.25, 0.3) is 10.9 Å². The Labute approximate surface area is 210 Å². The smallest absolute Gasteiger partial charge is 0.332 e. The lowest BCUT2D eigenvalue weighted by Crippen LogP contribution is -2.42. The Morgan fingerprint density at radius 2 is 1.64 bits per heavy atom. The van der Waals surface area contributed by atoms with Gasteiger partial charge in [0.15, 0.2) is 0 Å². The lowest BCUT2D eigenvalue weighted by atomic mass is 9.93. The topological polar surface area (TPSA) is 85.5 Å². The molecule has 1 saturated heterocycles. The molecular formula is C29H32N4O3. The van der Waals surface area contributed by atoms with Gasteiger partial charge in [-0.05, 0) is 43.5 Å². The lowest BCUT2D eigenvalue weighted by Gasteiger charge is -2.33. The van der Waals surface area contributed by atoms with Crippen molar-refractivity contribution in [2.24, 2.45) is 0 Å². The van der Waals surface area contributed by atoms with Crippen molar-refractivity contribution in [2.75, 3.05) is 4.90 Å². The molecule has 6 rings (SSSR count). The summed E-state index contributed by atoms with van der Waals surface area (Å²) in [6, 6.07) is 13.9. The number of aromatic nitrogens is 1. The van der Waals surface area contributed by atoms with E-state index in [9.17, 15) is 14.4 Å². The number of aromatic amines is 1. The molecule has 36 heavy (non-hydrogen) atoms. The molecule has 0 unspecified atom stereocenters.